The number of hydrogen-bond donors (Lipinski definition) is 7. The van der Waals surface area contributed by atoms with Crippen LogP contribution >= 0.6 is 34.8 Å². The van der Waals surface area contributed by atoms with E-state index in [4.69, 9.17) is 34.8 Å². The fraction of sp³-hybridized carbons (Fsp3) is 0.0526. The van der Waals surface area contributed by atoms with Crippen LogP contribution in [0.15, 0.2) is 43.8 Å². The molecule has 0 fully saturated rings. The maximum Gasteiger partial charge on any atom is 0.296 e. The first-order valence-corrected chi connectivity index (χ1v) is 18.3. The minimum atomic E-state index is -5.22. The third-order valence-electron chi connectivity index (χ3n) is 5.41. The molecule has 2 aromatic carbocycles. The van der Waals surface area contributed by atoms with Gasteiger partial charge in [0, 0.05) is 5.69 Å². The maximum atomic E-state index is 12.3. The molecule has 0 bridgehead atoms. The fourth-order valence-corrected chi connectivity index (χ4v) is 7.27. The molecule has 2 heterocycles. The summed E-state index contributed by atoms with van der Waals surface area (Å²) >= 11 is 17.3. The predicted molar refractivity (Wildman–Crippen MR) is 161 cm³/mol. The minimum absolute atomic E-state index is 0.0358. The topological polar surface area (TPSA) is 331 Å². The van der Waals surface area contributed by atoms with E-state index in [9.17, 15) is 51.9 Å². The number of hydrogen-bond acceptors (Lipinski definition) is 17. The Hall–Kier alpha value is -3.63. The zero-order valence-electron chi connectivity index (χ0n) is 22.3. The van der Waals surface area contributed by atoms with E-state index in [0.29, 0.717) is 24.3 Å². The standard InChI is InChI=1S/C19H14Cl3N9O12S4/c1-6-2-12(46(38,39)40)13(47(41,42)43)3-7(6)23-18-29-16(22)30-19(31-18)25-9-5-10(44(32,33)34)8(4-11(9)45(35,36)37)24-17-27-14(20)26-15(21)28-17/h2-5H,1H3,(H,32,33,34)(H,35,36,37)(H,38,39,40)(H,41,42,43)(H,24,26,27,28)(H2,23,25,29,30,31). The summed E-state index contributed by atoms with van der Waals surface area (Å²) in [5, 5.41) is 5.51. The van der Waals surface area contributed by atoms with Gasteiger partial charge in [0.15, 0.2) is 0 Å². The lowest BCUT2D eigenvalue weighted by Gasteiger charge is -2.16. The lowest BCUT2D eigenvalue weighted by Crippen LogP contribution is -2.12. The summed E-state index contributed by atoms with van der Waals surface area (Å²) in [5.41, 5.74) is -1.74. The van der Waals surface area contributed by atoms with Gasteiger partial charge in [-0.25, -0.2) is 0 Å². The normalized spacial score (nSPS) is 12.5. The molecular weight excluding hydrogens is 781 g/mol. The van der Waals surface area contributed by atoms with Crippen LogP contribution in [-0.2, 0) is 40.5 Å². The van der Waals surface area contributed by atoms with E-state index in [0.717, 1.165) is 0 Å². The molecule has 4 aromatic rings. The molecule has 7 N–H and O–H groups in total. The number of aromatic nitrogens is 6. The van der Waals surface area contributed by atoms with Gasteiger partial charge in [0.25, 0.3) is 40.5 Å². The number of nitrogens with zero attached hydrogens (tertiary/aromatic N) is 6. The Labute approximate surface area is 278 Å². The first-order chi connectivity index (χ1) is 21.4. The Morgan fingerprint density at radius 1 is 0.468 bits per heavy atom. The van der Waals surface area contributed by atoms with Gasteiger partial charge >= 0.3 is 0 Å². The van der Waals surface area contributed by atoms with Crippen molar-refractivity contribution in [3.8, 4) is 0 Å². The van der Waals surface area contributed by atoms with Gasteiger partial charge in [-0.2, -0.15) is 63.6 Å². The highest BCUT2D eigenvalue weighted by atomic mass is 35.5. The van der Waals surface area contributed by atoms with Gasteiger partial charge in [-0.3, -0.25) is 18.2 Å². The first kappa shape index (κ1) is 36.2. The second-order valence-corrected chi connectivity index (χ2v) is 15.3. The van der Waals surface area contributed by atoms with Crippen molar-refractivity contribution in [3.05, 3.63) is 45.7 Å². The van der Waals surface area contributed by atoms with Crippen LogP contribution in [0.4, 0.5) is 34.9 Å². The molecule has 2 aromatic heterocycles. The summed E-state index contributed by atoms with van der Waals surface area (Å²) in [6, 6.07) is 2.40. The zero-order chi connectivity index (χ0) is 35.3. The SMILES string of the molecule is Cc1cc(S(=O)(=O)O)c(S(=O)(=O)O)cc1Nc1nc(Cl)nc(Nc2cc(S(=O)(=O)O)c(Nc3nc(Cl)nc(Cl)n3)cc2S(=O)(=O)O)n1. The fourth-order valence-electron chi connectivity index (χ4n) is 3.59. The van der Waals surface area contributed by atoms with Crippen LogP contribution < -0.4 is 16.0 Å². The van der Waals surface area contributed by atoms with Gasteiger partial charge in [0.05, 0.1) is 11.4 Å². The molecule has 0 aliphatic carbocycles. The Balaban J connectivity index is 1.82. The molecular formula is C19H14Cl3N9O12S4. The smallest absolute Gasteiger partial charge is 0.296 e. The van der Waals surface area contributed by atoms with Crippen LogP contribution in [0.25, 0.3) is 0 Å². The van der Waals surface area contributed by atoms with Gasteiger partial charge in [-0.05, 0) is 71.6 Å². The minimum Gasteiger partial charge on any atom is -0.324 e. The quantitative estimate of drug-likeness (QED) is 0.113. The Kier molecular flexibility index (Phi) is 9.83. The largest absolute Gasteiger partial charge is 0.324 e. The van der Waals surface area contributed by atoms with Gasteiger partial charge in [-0.1, -0.05) is 0 Å². The summed E-state index contributed by atoms with van der Waals surface area (Å²) in [4.78, 5) is 17.7. The highest BCUT2D eigenvalue weighted by Crippen LogP contribution is 2.35. The third-order valence-corrected chi connectivity index (χ3v) is 9.62. The number of halogens is 3. The van der Waals surface area contributed by atoms with Crippen LogP contribution in [0.5, 0.6) is 0 Å². The first-order valence-electron chi connectivity index (χ1n) is 11.4. The van der Waals surface area contributed by atoms with Gasteiger partial charge in [0.2, 0.25) is 33.7 Å². The van der Waals surface area contributed by atoms with E-state index >= 15 is 0 Å². The molecule has 47 heavy (non-hydrogen) atoms. The molecule has 0 aliphatic heterocycles. The molecule has 0 unspecified atom stereocenters. The lowest BCUT2D eigenvalue weighted by molar-refractivity contribution is 0.466. The zero-order valence-corrected chi connectivity index (χ0v) is 27.8. The Morgan fingerprint density at radius 3 is 1.15 bits per heavy atom. The summed E-state index contributed by atoms with van der Waals surface area (Å²) in [6.45, 7) is 1.26. The summed E-state index contributed by atoms with van der Waals surface area (Å²) in [5.74, 6) is -1.67. The van der Waals surface area contributed by atoms with E-state index in [2.05, 4.69) is 45.9 Å². The highest BCUT2D eigenvalue weighted by molar-refractivity contribution is 7.89. The molecule has 0 saturated heterocycles. The number of nitrogens with one attached hydrogen (secondary N) is 3. The second-order valence-electron chi connectivity index (χ2n) is 8.68. The highest BCUT2D eigenvalue weighted by Gasteiger charge is 2.28. The van der Waals surface area contributed by atoms with E-state index in [1.165, 1.54) is 6.92 Å². The average molecular weight is 795 g/mol. The van der Waals surface area contributed by atoms with Crippen LogP contribution in [0.2, 0.25) is 15.9 Å². The number of benzene rings is 2. The summed E-state index contributed by atoms with van der Waals surface area (Å²) in [7, 11) is -20.7. The van der Waals surface area contributed by atoms with Crippen LogP contribution in [-0.4, -0.2) is 81.8 Å². The maximum absolute atomic E-state index is 12.3. The van der Waals surface area contributed by atoms with Gasteiger partial charge in [0.1, 0.15) is 19.6 Å². The summed E-state index contributed by atoms with van der Waals surface area (Å²) < 4.78 is 135. The summed E-state index contributed by atoms with van der Waals surface area (Å²) in [6.07, 6.45) is 0. The van der Waals surface area contributed by atoms with E-state index < -0.39 is 105 Å². The second kappa shape index (κ2) is 12.8. The Morgan fingerprint density at radius 2 is 0.766 bits per heavy atom. The van der Waals surface area contributed by atoms with Crippen molar-refractivity contribution >= 4 is 110 Å². The van der Waals surface area contributed by atoms with E-state index in [1.807, 2.05) is 0 Å². The predicted octanol–water partition coefficient (Wildman–Crippen LogP) is 2.54. The van der Waals surface area contributed by atoms with Gasteiger partial charge < -0.3 is 16.0 Å². The van der Waals surface area contributed by atoms with Crippen molar-refractivity contribution in [2.24, 2.45) is 0 Å². The third kappa shape index (κ3) is 8.84. The van der Waals surface area contributed by atoms with E-state index in [-0.39, 0.29) is 11.3 Å². The van der Waals surface area contributed by atoms with Crippen molar-refractivity contribution in [1.29, 1.82) is 0 Å². The molecule has 28 heteroatoms. The lowest BCUT2D eigenvalue weighted by atomic mass is 10.2. The van der Waals surface area contributed by atoms with Crippen molar-refractivity contribution in [1.82, 2.24) is 29.9 Å². The van der Waals surface area contributed by atoms with Crippen molar-refractivity contribution in [2.45, 2.75) is 26.5 Å². The number of rotatable bonds is 10. The van der Waals surface area contributed by atoms with Crippen molar-refractivity contribution < 1.29 is 51.9 Å². The number of anilines is 6. The van der Waals surface area contributed by atoms with E-state index in [1.54, 1.807) is 0 Å². The molecule has 0 amide bonds. The van der Waals surface area contributed by atoms with Crippen LogP contribution in [0.3, 0.4) is 0 Å². The monoisotopic (exact) mass is 793 g/mol. The average Bonchev–Trinajstić information content (AvgIpc) is 2.87. The van der Waals surface area contributed by atoms with Crippen molar-refractivity contribution in [3.63, 3.8) is 0 Å². The molecule has 0 radical (unpaired) electrons. The molecule has 4 rings (SSSR count). The number of aryl methyl sites for hydroxylation is 1. The molecule has 21 nitrogen and oxygen atoms in total. The van der Waals surface area contributed by atoms with Crippen LogP contribution in [0.1, 0.15) is 5.56 Å². The Bertz CT molecular complexity index is 2380. The molecule has 0 aliphatic rings. The molecule has 0 atom stereocenters. The van der Waals surface area contributed by atoms with Crippen molar-refractivity contribution in [2.75, 3.05) is 16.0 Å². The van der Waals surface area contributed by atoms with Crippen LogP contribution in [0, 0.1) is 6.92 Å². The van der Waals surface area contributed by atoms with Gasteiger partial charge in [-0.15, -0.1) is 0 Å². The molecule has 0 saturated carbocycles. The molecule has 252 valence electrons. The molecule has 0 spiro atoms.